The van der Waals surface area contributed by atoms with Crippen molar-refractivity contribution in [2.45, 2.75) is 31.6 Å². The predicted molar refractivity (Wildman–Crippen MR) is 105 cm³/mol. The topological polar surface area (TPSA) is 53.4 Å². The number of hydrogen-bond acceptors (Lipinski definition) is 3. The molecule has 0 aliphatic carbocycles. The highest BCUT2D eigenvalue weighted by Gasteiger charge is 2.25. The summed E-state index contributed by atoms with van der Waals surface area (Å²) in [6.07, 6.45) is 2.88. The van der Waals surface area contributed by atoms with Gasteiger partial charge in [-0.2, -0.15) is 0 Å². The second kappa shape index (κ2) is 7.46. The Bertz CT molecular complexity index is 908. The van der Waals surface area contributed by atoms with Crippen LogP contribution in [0.4, 0.5) is 4.79 Å². The van der Waals surface area contributed by atoms with E-state index in [-0.39, 0.29) is 0 Å². The number of likely N-dealkylation sites (tertiary alicyclic amines) is 1. The Morgan fingerprint density at radius 1 is 1.12 bits per heavy atom. The van der Waals surface area contributed by atoms with Gasteiger partial charge in [0.2, 0.25) is 0 Å². The van der Waals surface area contributed by atoms with Crippen LogP contribution < -0.4 is 0 Å². The molecule has 0 spiro atoms. The van der Waals surface area contributed by atoms with Crippen molar-refractivity contribution in [1.29, 1.82) is 0 Å². The SMILES string of the molecule is O=C(O)N1CCC(c2nc(CCc3cccc4ccccc34)cs2)CC1. The van der Waals surface area contributed by atoms with Crippen LogP contribution in [0.3, 0.4) is 0 Å². The normalized spacial score (nSPS) is 15.5. The Hall–Kier alpha value is -2.40. The number of nitrogens with zero attached hydrogens (tertiary/aromatic N) is 2. The van der Waals surface area contributed by atoms with E-state index in [4.69, 9.17) is 10.1 Å². The van der Waals surface area contributed by atoms with E-state index in [0.29, 0.717) is 19.0 Å². The molecule has 1 amide bonds. The van der Waals surface area contributed by atoms with Gasteiger partial charge >= 0.3 is 6.09 Å². The molecule has 1 fully saturated rings. The molecule has 0 unspecified atom stereocenters. The monoisotopic (exact) mass is 366 g/mol. The summed E-state index contributed by atoms with van der Waals surface area (Å²) in [5.41, 5.74) is 2.52. The van der Waals surface area contributed by atoms with Gasteiger partial charge in [-0.1, -0.05) is 42.5 Å². The van der Waals surface area contributed by atoms with Crippen molar-refractivity contribution in [1.82, 2.24) is 9.88 Å². The maximum absolute atomic E-state index is 11.0. The lowest BCUT2D eigenvalue weighted by Gasteiger charge is -2.28. The van der Waals surface area contributed by atoms with Crippen molar-refractivity contribution in [2.75, 3.05) is 13.1 Å². The lowest BCUT2D eigenvalue weighted by atomic mass is 9.98. The molecular formula is C21H22N2O2S. The Kier molecular flexibility index (Phi) is 4.89. The van der Waals surface area contributed by atoms with Crippen LogP contribution >= 0.6 is 11.3 Å². The van der Waals surface area contributed by atoms with Crippen molar-refractivity contribution in [2.24, 2.45) is 0 Å². The van der Waals surface area contributed by atoms with Crippen LogP contribution in [0.25, 0.3) is 10.8 Å². The van der Waals surface area contributed by atoms with E-state index in [9.17, 15) is 4.79 Å². The molecule has 0 saturated carbocycles. The van der Waals surface area contributed by atoms with Gasteiger partial charge in [0.15, 0.2) is 0 Å². The number of rotatable bonds is 4. The molecular weight excluding hydrogens is 344 g/mol. The van der Waals surface area contributed by atoms with Crippen LogP contribution in [0, 0.1) is 0 Å². The van der Waals surface area contributed by atoms with Crippen LogP contribution in [0.2, 0.25) is 0 Å². The molecule has 0 radical (unpaired) electrons. The molecule has 0 atom stereocenters. The van der Waals surface area contributed by atoms with E-state index < -0.39 is 6.09 Å². The molecule has 3 aromatic rings. The first-order chi connectivity index (χ1) is 12.7. The zero-order valence-corrected chi connectivity index (χ0v) is 15.4. The van der Waals surface area contributed by atoms with Crippen LogP contribution in [0.5, 0.6) is 0 Å². The second-order valence-corrected chi connectivity index (χ2v) is 7.75. The molecule has 2 heterocycles. The number of piperidine rings is 1. The molecule has 1 aliphatic heterocycles. The van der Waals surface area contributed by atoms with E-state index in [2.05, 4.69) is 47.8 Å². The largest absolute Gasteiger partial charge is 0.465 e. The summed E-state index contributed by atoms with van der Waals surface area (Å²) in [5.74, 6) is 0.405. The molecule has 4 rings (SSSR count). The predicted octanol–water partition coefficient (Wildman–Crippen LogP) is 4.94. The molecule has 134 valence electrons. The maximum atomic E-state index is 11.0. The van der Waals surface area contributed by atoms with Gasteiger partial charge in [0, 0.05) is 24.4 Å². The van der Waals surface area contributed by atoms with Crippen LogP contribution in [0.15, 0.2) is 47.8 Å². The minimum atomic E-state index is -0.807. The number of aryl methyl sites for hydroxylation is 2. The number of hydrogen-bond donors (Lipinski definition) is 1. The van der Waals surface area contributed by atoms with Gasteiger partial charge in [-0.15, -0.1) is 11.3 Å². The Morgan fingerprint density at radius 3 is 2.69 bits per heavy atom. The Morgan fingerprint density at radius 2 is 1.88 bits per heavy atom. The number of fused-ring (bicyclic) bond motifs is 1. The first-order valence-electron chi connectivity index (χ1n) is 9.09. The fraction of sp³-hybridized carbons (Fsp3) is 0.333. The van der Waals surface area contributed by atoms with Gasteiger partial charge < -0.3 is 10.0 Å². The minimum Gasteiger partial charge on any atom is -0.465 e. The zero-order valence-electron chi connectivity index (χ0n) is 14.6. The number of aromatic nitrogens is 1. The Balaban J connectivity index is 1.40. The molecule has 2 aromatic carbocycles. The number of benzene rings is 2. The fourth-order valence-electron chi connectivity index (χ4n) is 3.72. The van der Waals surface area contributed by atoms with Gasteiger partial charge in [-0.25, -0.2) is 9.78 Å². The van der Waals surface area contributed by atoms with Crippen LogP contribution in [-0.4, -0.2) is 34.2 Å². The van der Waals surface area contributed by atoms with E-state index in [1.165, 1.54) is 26.2 Å². The first kappa shape index (κ1) is 17.0. The lowest BCUT2D eigenvalue weighted by Crippen LogP contribution is -2.36. The van der Waals surface area contributed by atoms with E-state index in [1.54, 1.807) is 11.3 Å². The average molecular weight is 366 g/mol. The average Bonchev–Trinajstić information content (AvgIpc) is 3.15. The fourth-order valence-corrected chi connectivity index (χ4v) is 4.74. The number of amides is 1. The summed E-state index contributed by atoms with van der Waals surface area (Å²) in [7, 11) is 0. The molecule has 1 aromatic heterocycles. The standard InChI is InChI=1S/C21H22N2O2S/c24-21(25)23-12-10-17(11-13-23)20-22-18(14-26-20)9-8-16-6-3-5-15-4-1-2-7-19(15)16/h1-7,14,17H,8-13H2,(H,24,25). The van der Waals surface area contributed by atoms with Gasteiger partial charge in [-0.3, -0.25) is 0 Å². The minimum absolute atomic E-state index is 0.405. The third-order valence-electron chi connectivity index (χ3n) is 5.21. The molecule has 5 heteroatoms. The second-order valence-electron chi connectivity index (χ2n) is 6.86. The third-order valence-corrected chi connectivity index (χ3v) is 6.27. The number of carbonyl (C=O) groups is 1. The number of carboxylic acid groups (broad SMARTS) is 1. The number of thiazole rings is 1. The van der Waals surface area contributed by atoms with E-state index in [1.807, 2.05) is 0 Å². The van der Waals surface area contributed by atoms with E-state index in [0.717, 1.165) is 31.4 Å². The molecule has 1 saturated heterocycles. The molecule has 4 nitrogen and oxygen atoms in total. The van der Waals surface area contributed by atoms with Gasteiger partial charge in [-0.05, 0) is 42.0 Å². The van der Waals surface area contributed by atoms with Gasteiger partial charge in [0.05, 0.1) is 10.7 Å². The highest BCUT2D eigenvalue weighted by Crippen LogP contribution is 2.30. The maximum Gasteiger partial charge on any atom is 0.407 e. The molecule has 0 bridgehead atoms. The zero-order chi connectivity index (χ0) is 17.9. The van der Waals surface area contributed by atoms with Crippen molar-refractivity contribution in [3.63, 3.8) is 0 Å². The lowest BCUT2D eigenvalue weighted by molar-refractivity contribution is 0.132. The Labute approximate surface area is 157 Å². The highest BCUT2D eigenvalue weighted by atomic mass is 32.1. The molecule has 26 heavy (non-hydrogen) atoms. The smallest absolute Gasteiger partial charge is 0.407 e. The summed E-state index contributed by atoms with van der Waals surface area (Å²) in [6, 6.07) is 15.0. The summed E-state index contributed by atoms with van der Waals surface area (Å²) >= 11 is 1.73. The van der Waals surface area contributed by atoms with Crippen molar-refractivity contribution in [3.8, 4) is 0 Å². The third kappa shape index (κ3) is 3.58. The van der Waals surface area contributed by atoms with Crippen molar-refractivity contribution < 1.29 is 9.90 Å². The van der Waals surface area contributed by atoms with Crippen molar-refractivity contribution >= 4 is 28.2 Å². The quantitative estimate of drug-likeness (QED) is 0.711. The van der Waals surface area contributed by atoms with Crippen LogP contribution in [-0.2, 0) is 12.8 Å². The van der Waals surface area contributed by atoms with E-state index >= 15 is 0 Å². The van der Waals surface area contributed by atoms with Gasteiger partial charge in [0.25, 0.3) is 0 Å². The summed E-state index contributed by atoms with van der Waals surface area (Å²) in [5, 5.41) is 15.0. The first-order valence-corrected chi connectivity index (χ1v) is 9.97. The van der Waals surface area contributed by atoms with Crippen molar-refractivity contribution in [3.05, 3.63) is 64.1 Å². The highest BCUT2D eigenvalue weighted by molar-refractivity contribution is 7.09. The summed E-state index contributed by atoms with van der Waals surface area (Å²) in [6.45, 7) is 1.23. The van der Waals surface area contributed by atoms with Gasteiger partial charge in [0.1, 0.15) is 0 Å². The summed E-state index contributed by atoms with van der Waals surface area (Å²) < 4.78 is 0. The molecule has 1 N–H and O–H groups in total. The summed E-state index contributed by atoms with van der Waals surface area (Å²) in [4.78, 5) is 17.4. The molecule has 1 aliphatic rings. The van der Waals surface area contributed by atoms with Crippen LogP contribution in [0.1, 0.15) is 35.0 Å².